The number of anilines is 3. The lowest BCUT2D eigenvalue weighted by Crippen LogP contribution is -2.41. The number of hydrogen-bond acceptors (Lipinski definition) is 7. The molecule has 12 heteroatoms. The van der Waals surface area contributed by atoms with Crippen LogP contribution in [0.2, 0.25) is 0 Å². The quantitative estimate of drug-likeness (QED) is 0.740. The fourth-order valence-corrected chi connectivity index (χ4v) is 2.71. The molecule has 0 bridgehead atoms. The number of rotatable bonds is 4. The number of carbonyl (C=O) groups is 1. The third-order valence-corrected chi connectivity index (χ3v) is 4.19. The summed E-state index contributed by atoms with van der Waals surface area (Å²) in [5.41, 5.74) is 3.95. The number of benzene rings is 1. The van der Waals surface area contributed by atoms with E-state index in [9.17, 15) is 22.4 Å². The predicted molar refractivity (Wildman–Crippen MR) is 94.4 cm³/mol. The summed E-state index contributed by atoms with van der Waals surface area (Å²) in [5, 5.41) is 2.55. The first-order valence-corrected chi connectivity index (χ1v) is 8.42. The Kier molecular flexibility index (Phi) is 5.73. The third kappa shape index (κ3) is 4.47. The molecule has 2 aromatic rings. The van der Waals surface area contributed by atoms with Crippen molar-refractivity contribution in [3.8, 4) is 5.75 Å². The maximum Gasteiger partial charge on any atom is 0.421 e. The van der Waals surface area contributed by atoms with Crippen LogP contribution in [-0.2, 0) is 10.9 Å². The highest BCUT2D eigenvalue weighted by atomic mass is 19.4. The summed E-state index contributed by atoms with van der Waals surface area (Å²) in [5.74, 6) is -2.37. The van der Waals surface area contributed by atoms with Gasteiger partial charge in [0.2, 0.25) is 5.95 Å². The van der Waals surface area contributed by atoms with Gasteiger partial charge in [0, 0.05) is 25.4 Å². The molecular weight excluding hydrogens is 398 g/mol. The van der Waals surface area contributed by atoms with E-state index < -0.39 is 29.3 Å². The molecule has 1 fully saturated rings. The van der Waals surface area contributed by atoms with Crippen molar-refractivity contribution in [2.75, 3.05) is 44.5 Å². The van der Waals surface area contributed by atoms with Crippen LogP contribution in [-0.4, -0.2) is 54.2 Å². The van der Waals surface area contributed by atoms with Crippen molar-refractivity contribution in [3.05, 3.63) is 35.3 Å². The minimum absolute atomic E-state index is 0.0164. The molecule has 3 rings (SSSR count). The number of hydrogen-bond donors (Lipinski definition) is 2. The van der Waals surface area contributed by atoms with Gasteiger partial charge < -0.3 is 25.4 Å². The van der Waals surface area contributed by atoms with Gasteiger partial charge in [0.15, 0.2) is 0 Å². The van der Waals surface area contributed by atoms with Gasteiger partial charge in [-0.3, -0.25) is 4.79 Å². The fraction of sp³-hybridized carbons (Fsp3) is 0.353. The zero-order chi connectivity index (χ0) is 21.2. The van der Waals surface area contributed by atoms with Crippen LogP contribution in [0.5, 0.6) is 5.75 Å². The monoisotopic (exact) mass is 415 g/mol. The Hall–Kier alpha value is -3.15. The average molecular weight is 415 g/mol. The van der Waals surface area contributed by atoms with E-state index in [1.165, 1.54) is 18.1 Å². The molecule has 1 aromatic carbocycles. The third-order valence-electron chi connectivity index (χ3n) is 4.19. The molecule has 1 saturated heterocycles. The van der Waals surface area contributed by atoms with E-state index in [0.29, 0.717) is 32.5 Å². The number of methoxy groups -OCH3 is 1. The van der Waals surface area contributed by atoms with E-state index >= 15 is 0 Å². The zero-order valence-corrected chi connectivity index (χ0v) is 15.2. The number of nitrogen functional groups attached to an aromatic ring is 1. The molecular formula is C17H17F4N5O3. The molecule has 1 aliphatic heterocycles. The molecule has 1 aromatic heterocycles. The number of amides is 1. The van der Waals surface area contributed by atoms with Crippen LogP contribution in [0.1, 0.15) is 15.9 Å². The number of alkyl halides is 3. The molecule has 3 N–H and O–H groups in total. The Bertz CT molecular complexity index is 917. The van der Waals surface area contributed by atoms with Crippen molar-refractivity contribution in [2.24, 2.45) is 0 Å². The van der Waals surface area contributed by atoms with E-state index in [1.54, 1.807) is 0 Å². The van der Waals surface area contributed by atoms with Crippen molar-refractivity contribution in [3.63, 3.8) is 0 Å². The van der Waals surface area contributed by atoms with Crippen LogP contribution in [0.15, 0.2) is 18.3 Å². The van der Waals surface area contributed by atoms with E-state index in [2.05, 4.69) is 15.3 Å². The number of carbonyl (C=O) groups excluding carboxylic acids is 1. The molecule has 0 unspecified atom stereocenters. The van der Waals surface area contributed by atoms with Crippen molar-refractivity contribution in [2.45, 2.75) is 6.18 Å². The van der Waals surface area contributed by atoms with Gasteiger partial charge in [0.25, 0.3) is 5.91 Å². The fourth-order valence-electron chi connectivity index (χ4n) is 2.71. The van der Waals surface area contributed by atoms with Crippen molar-refractivity contribution < 1.29 is 31.8 Å². The number of morpholine rings is 1. The molecule has 0 atom stereocenters. The molecule has 0 radical (unpaired) electrons. The van der Waals surface area contributed by atoms with Crippen molar-refractivity contribution in [1.29, 1.82) is 0 Å². The second-order valence-corrected chi connectivity index (χ2v) is 6.05. The lowest BCUT2D eigenvalue weighted by Gasteiger charge is -2.27. The number of nitrogens with two attached hydrogens (primary N) is 1. The predicted octanol–water partition coefficient (Wildman–Crippen LogP) is 2.44. The lowest BCUT2D eigenvalue weighted by molar-refractivity contribution is -0.137. The number of halogens is 4. The van der Waals surface area contributed by atoms with Gasteiger partial charge in [-0.25, -0.2) is 9.37 Å². The highest BCUT2D eigenvalue weighted by Crippen LogP contribution is 2.34. The summed E-state index contributed by atoms with van der Waals surface area (Å²) in [6.45, 7) is 1.38. The average Bonchev–Trinajstić information content (AvgIpc) is 2.67. The highest BCUT2D eigenvalue weighted by Gasteiger charge is 2.34. The van der Waals surface area contributed by atoms with Crippen LogP contribution >= 0.6 is 0 Å². The number of nitrogens with zero attached hydrogens (tertiary/aromatic N) is 3. The Morgan fingerprint density at radius 2 is 2.00 bits per heavy atom. The second kappa shape index (κ2) is 8.07. The summed E-state index contributed by atoms with van der Waals surface area (Å²) in [7, 11) is 1.30. The summed E-state index contributed by atoms with van der Waals surface area (Å²) in [6, 6.07) is 2.17. The Labute approximate surface area is 162 Å². The van der Waals surface area contributed by atoms with Crippen molar-refractivity contribution >= 4 is 23.4 Å². The molecule has 0 aliphatic carbocycles. The second-order valence-electron chi connectivity index (χ2n) is 6.05. The minimum Gasteiger partial charge on any atom is -0.495 e. The molecule has 1 aliphatic rings. The van der Waals surface area contributed by atoms with Gasteiger partial charge in [-0.05, 0) is 6.07 Å². The molecule has 1 amide bonds. The summed E-state index contributed by atoms with van der Waals surface area (Å²) < 4.78 is 63.2. The molecule has 8 nitrogen and oxygen atoms in total. The summed E-state index contributed by atoms with van der Waals surface area (Å²) in [6.07, 6.45) is -4.18. The first-order valence-electron chi connectivity index (χ1n) is 8.42. The van der Waals surface area contributed by atoms with E-state index in [0.717, 1.165) is 6.07 Å². The number of ether oxygens (including phenoxy) is 2. The molecule has 29 heavy (non-hydrogen) atoms. The van der Waals surface area contributed by atoms with Crippen LogP contribution in [0, 0.1) is 5.82 Å². The largest absolute Gasteiger partial charge is 0.495 e. The van der Waals surface area contributed by atoms with Gasteiger partial charge >= 0.3 is 6.18 Å². The first kappa shape index (κ1) is 20.6. The lowest BCUT2D eigenvalue weighted by atomic mass is 10.1. The molecule has 0 spiro atoms. The SMILES string of the molecule is COc1cc(C(=O)N2CCOCC2)c(F)cc1Nc1ncc(C(F)(F)F)c(N)n1. The normalized spacial score (nSPS) is 14.6. The molecule has 156 valence electrons. The van der Waals surface area contributed by atoms with E-state index in [-0.39, 0.29) is 22.9 Å². The standard InChI is InChI=1S/C17H17F4N5O3/c1-28-13-6-9(15(27)26-2-4-29-5-3-26)11(18)7-12(13)24-16-23-8-10(14(22)25-16)17(19,20)21/h6-8H,2-5H2,1H3,(H3,22,23,24,25). The van der Waals surface area contributed by atoms with E-state index in [4.69, 9.17) is 15.2 Å². The van der Waals surface area contributed by atoms with Crippen LogP contribution < -0.4 is 15.8 Å². The van der Waals surface area contributed by atoms with Gasteiger partial charge in [-0.1, -0.05) is 0 Å². The zero-order valence-electron chi connectivity index (χ0n) is 15.2. The maximum atomic E-state index is 14.6. The Balaban J connectivity index is 1.88. The number of nitrogens with one attached hydrogen (secondary N) is 1. The molecule has 2 heterocycles. The highest BCUT2D eigenvalue weighted by molar-refractivity contribution is 5.96. The molecule has 0 saturated carbocycles. The van der Waals surface area contributed by atoms with Crippen molar-refractivity contribution in [1.82, 2.24) is 14.9 Å². The smallest absolute Gasteiger partial charge is 0.421 e. The van der Waals surface area contributed by atoms with Crippen LogP contribution in [0.3, 0.4) is 0 Å². The number of aromatic nitrogens is 2. The van der Waals surface area contributed by atoms with Gasteiger partial charge in [0.05, 0.1) is 31.6 Å². The maximum absolute atomic E-state index is 14.6. The summed E-state index contributed by atoms with van der Waals surface area (Å²) >= 11 is 0. The Morgan fingerprint density at radius 1 is 1.31 bits per heavy atom. The van der Waals surface area contributed by atoms with Gasteiger partial charge in [-0.2, -0.15) is 18.2 Å². The van der Waals surface area contributed by atoms with E-state index in [1.807, 2.05) is 0 Å². The van der Waals surface area contributed by atoms with Gasteiger partial charge in [-0.15, -0.1) is 0 Å². The van der Waals surface area contributed by atoms with Crippen LogP contribution in [0.25, 0.3) is 0 Å². The Morgan fingerprint density at radius 3 is 2.59 bits per heavy atom. The first-order chi connectivity index (χ1) is 13.7. The topological polar surface area (TPSA) is 103 Å². The summed E-state index contributed by atoms with van der Waals surface area (Å²) in [4.78, 5) is 21.1. The minimum atomic E-state index is -4.70. The van der Waals surface area contributed by atoms with Gasteiger partial charge in [0.1, 0.15) is 22.9 Å². The van der Waals surface area contributed by atoms with Crippen LogP contribution in [0.4, 0.5) is 35.0 Å².